The SMILES string of the molecule is CC1CCC(NC2(CN)CCCN(C)C2)C1. The van der Waals surface area contributed by atoms with Crippen molar-refractivity contribution in [2.75, 3.05) is 26.7 Å². The van der Waals surface area contributed by atoms with E-state index >= 15 is 0 Å². The zero-order valence-corrected chi connectivity index (χ0v) is 10.8. The third-order valence-corrected chi connectivity index (χ3v) is 4.36. The molecule has 0 aromatic heterocycles. The van der Waals surface area contributed by atoms with E-state index in [0.717, 1.165) is 19.0 Å². The zero-order chi connectivity index (χ0) is 11.6. The van der Waals surface area contributed by atoms with E-state index in [-0.39, 0.29) is 5.54 Å². The Morgan fingerprint density at radius 2 is 2.25 bits per heavy atom. The first-order chi connectivity index (χ1) is 7.63. The van der Waals surface area contributed by atoms with Gasteiger partial charge in [0.05, 0.1) is 0 Å². The van der Waals surface area contributed by atoms with E-state index < -0.39 is 0 Å². The maximum Gasteiger partial charge on any atom is 0.0435 e. The summed E-state index contributed by atoms with van der Waals surface area (Å²) >= 11 is 0. The molecule has 1 aliphatic carbocycles. The van der Waals surface area contributed by atoms with Crippen molar-refractivity contribution in [1.82, 2.24) is 10.2 Å². The number of likely N-dealkylation sites (tertiary alicyclic amines) is 1. The molecule has 0 bridgehead atoms. The molecular weight excluding hydrogens is 198 g/mol. The van der Waals surface area contributed by atoms with Gasteiger partial charge in [-0.25, -0.2) is 0 Å². The summed E-state index contributed by atoms with van der Waals surface area (Å²) < 4.78 is 0. The van der Waals surface area contributed by atoms with E-state index in [1.807, 2.05) is 0 Å². The normalized spacial score (nSPS) is 41.4. The second kappa shape index (κ2) is 5.03. The Balaban J connectivity index is 1.93. The third kappa shape index (κ3) is 2.76. The van der Waals surface area contributed by atoms with E-state index in [9.17, 15) is 0 Å². The van der Waals surface area contributed by atoms with E-state index in [0.29, 0.717) is 6.04 Å². The van der Waals surface area contributed by atoms with Gasteiger partial charge in [0.2, 0.25) is 0 Å². The molecule has 3 atom stereocenters. The summed E-state index contributed by atoms with van der Waals surface area (Å²) in [5, 5.41) is 3.88. The second-order valence-corrected chi connectivity index (χ2v) is 6.09. The molecule has 1 saturated carbocycles. The van der Waals surface area contributed by atoms with Crippen molar-refractivity contribution in [2.45, 2.75) is 50.6 Å². The Bertz CT molecular complexity index is 231. The number of piperidine rings is 1. The average molecular weight is 225 g/mol. The fourth-order valence-electron chi connectivity index (χ4n) is 3.48. The molecule has 0 spiro atoms. The van der Waals surface area contributed by atoms with Crippen molar-refractivity contribution in [3.8, 4) is 0 Å². The van der Waals surface area contributed by atoms with Crippen molar-refractivity contribution in [2.24, 2.45) is 11.7 Å². The van der Waals surface area contributed by atoms with Crippen LogP contribution in [0.25, 0.3) is 0 Å². The molecule has 3 unspecified atom stereocenters. The Labute approximate surface area is 99.8 Å². The molecule has 1 aliphatic heterocycles. The third-order valence-electron chi connectivity index (χ3n) is 4.36. The van der Waals surface area contributed by atoms with Gasteiger partial charge in [0.15, 0.2) is 0 Å². The fourth-order valence-corrected chi connectivity index (χ4v) is 3.48. The quantitative estimate of drug-likeness (QED) is 0.758. The van der Waals surface area contributed by atoms with Gasteiger partial charge in [-0.3, -0.25) is 0 Å². The minimum absolute atomic E-state index is 0.196. The lowest BCUT2D eigenvalue weighted by Gasteiger charge is -2.43. The molecule has 0 aromatic carbocycles. The molecule has 2 aliphatic rings. The van der Waals surface area contributed by atoms with Crippen LogP contribution in [0.1, 0.15) is 39.0 Å². The van der Waals surface area contributed by atoms with Gasteiger partial charge >= 0.3 is 0 Å². The highest BCUT2D eigenvalue weighted by Gasteiger charge is 2.36. The van der Waals surface area contributed by atoms with E-state index in [4.69, 9.17) is 5.73 Å². The molecule has 1 heterocycles. The zero-order valence-electron chi connectivity index (χ0n) is 10.8. The number of nitrogens with zero attached hydrogens (tertiary/aromatic N) is 1. The molecule has 3 heteroatoms. The summed E-state index contributed by atoms with van der Waals surface area (Å²) in [6.45, 7) is 5.49. The molecule has 0 aromatic rings. The van der Waals surface area contributed by atoms with Crippen molar-refractivity contribution in [3.05, 3.63) is 0 Å². The molecule has 3 nitrogen and oxygen atoms in total. The van der Waals surface area contributed by atoms with Crippen molar-refractivity contribution in [1.29, 1.82) is 0 Å². The first-order valence-electron chi connectivity index (χ1n) is 6.80. The van der Waals surface area contributed by atoms with Crippen LogP contribution in [-0.2, 0) is 0 Å². The molecule has 94 valence electrons. The fraction of sp³-hybridized carbons (Fsp3) is 1.00. The van der Waals surface area contributed by atoms with E-state index in [1.54, 1.807) is 0 Å². The van der Waals surface area contributed by atoms with Gasteiger partial charge < -0.3 is 16.0 Å². The van der Waals surface area contributed by atoms with E-state index in [2.05, 4.69) is 24.2 Å². The number of nitrogens with one attached hydrogen (secondary N) is 1. The lowest BCUT2D eigenvalue weighted by atomic mass is 9.88. The van der Waals surface area contributed by atoms with Gasteiger partial charge in [-0.05, 0) is 51.6 Å². The standard InChI is InChI=1S/C13H27N3/c1-11-4-5-12(8-11)15-13(9-14)6-3-7-16(2)10-13/h11-12,15H,3-10,14H2,1-2H3. The van der Waals surface area contributed by atoms with Gasteiger partial charge in [-0.2, -0.15) is 0 Å². The van der Waals surface area contributed by atoms with E-state index in [1.165, 1.54) is 38.6 Å². The van der Waals surface area contributed by atoms with Gasteiger partial charge in [0, 0.05) is 24.7 Å². The highest BCUT2D eigenvalue weighted by atomic mass is 15.2. The summed E-state index contributed by atoms with van der Waals surface area (Å²) in [5.74, 6) is 0.897. The number of rotatable bonds is 3. The van der Waals surface area contributed by atoms with Crippen LogP contribution < -0.4 is 11.1 Å². The molecule has 3 N–H and O–H groups in total. The van der Waals surface area contributed by atoms with Crippen LogP contribution in [0.4, 0.5) is 0 Å². The molecular formula is C13H27N3. The van der Waals surface area contributed by atoms with Gasteiger partial charge in [0.25, 0.3) is 0 Å². The predicted molar refractivity (Wildman–Crippen MR) is 68.5 cm³/mol. The number of hydrogen-bond donors (Lipinski definition) is 2. The van der Waals surface area contributed by atoms with Crippen molar-refractivity contribution < 1.29 is 0 Å². The molecule has 2 rings (SSSR count). The molecule has 0 amide bonds. The lowest BCUT2D eigenvalue weighted by Crippen LogP contribution is -2.62. The van der Waals surface area contributed by atoms with Crippen LogP contribution in [0.3, 0.4) is 0 Å². The lowest BCUT2D eigenvalue weighted by molar-refractivity contribution is 0.137. The first-order valence-corrected chi connectivity index (χ1v) is 6.80. The van der Waals surface area contributed by atoms with Crippen molar-refractivity contribution >= 4 is 0 Å². The summed E-state index contributed by atoms with van der Waals surface area (Å²) in [4.78, 5) is 2.42. The Morgan fingerprint density at radius 1 is 1.44 bits per heavy atom. The monoisotopic (exact) mass is 225 g/mol. The maximum atomic E-state index is 6.02. The Morgan fingerprint density at radius 3 is 2.81 bits per heavy atom. The highest BCUT2D eigenvalue weighted by Crippen LogP contribution is 2.28. The Hall–Kier alpha value is -0.120. The van der Waals surface area contributed by atoms with Crippen LogP contribution in [0.5, 0.6) is 0 Å². The summed E-state index contributed by atoms with van der Waals surface area (Å²) in [6, 6.07) is 0.713. The second-order valence-electron chi connectivity index (χ2n) is 6.09. The summed E-state index contributed by atoms with van der Waals surface area (Å²) in [6.07, 6.45) is 6.59. The number of hydrogen-bond acceptors (Lipinski definition) is 3. The number of nitrogens with two attached hydrogens (primary N) is 1. The molecule has 16 heavy (non-hydrogen) atoms. The van der Waals surface area contributed by atoms with Gasteiger partial charge in [-0.15, -0.1) is 0 Å². The first kappa shape index (κ1) is 12.3. The minimum Gasteiger partial charge on any atom is -0.329 e. The van der Waals surface area contributed by atoms with Gasteiger partial charge in [-0.1, -0.05) is 6.92 Å². The van der Waals surface area contributed by atoms with Crippen LogP contribution in [-0.4, -0.2) is 43.2 Å². The average Bonchev–Trinajstić information content (AvgIpc) is 2.64. The topological polar surface area (TPSA) is 41.3 Å². The van der Waals surface area contributed by atoms with Crippen LogP contribution >= 0.6 is 0 Å². The minimum atomic E-state index is 0.196. The van der Waals surface area contributed by atoms with Crippen LogP contribution in [0, 0.1) is 5.92 Å². The Kier molecular flexibility index (Phi) is 3.88. The van der Waals surface area contributed by atoms with Gasteiger partial charge in [0.1, 0.15) is 0 Å². The van der Waals surface area contributed by atoms with Crippen LogP contribution in [0.15, 0.2) is 0 Å². The van der Waals surface area contributed by atoms with Crippen molar-refractivity contribution in [3.63, 3.8) is 0 Å². The summed E-state index contributed by atoms with van der Waals surface area (Å²) in [5.41, 5.74) is 6.22. The molecule has 1 saturated heterocycles. The summed E-state index contributed by atoms with van der Waals surface area (Å²) in [7, 11) is 2.21. The smallest absolute Gasteiger partial charge is 0.0435 e. The van der Waals surface area contributed by atoms with Crippen LogP contribution in [0.2, 0.25) is 0 Å². The largest absolute Gasteiger partial charge is 0.329 e. The predicted octanol–water partition coefficient (Wildman–Crippen LogP) is 1.19. The number of likely N-dealkylation sites (N-methyl/N-ethyl adjacent to an activating group) is 1. The maximum absolute atomic E-state index is 6.02. The molecule has 2 fully saturated rings. The highest BCUT2D eigenvalue weighted by molar-refractivity contribution is 4.98. The molecule has 0 radical (unpaired) electrons.